The van der Waals surface area contributed by atoms with E-state index in [1.165, 1.54) is 81.8 Å². The van der Waals surface area contributed by atoms with E-state index in [2.05, 4.69) is 38.1 Å². The molecular formula is C20H34O. The molecule has 120 valence electrons. The lowest BCUT2D eigenvalue weighted by Crippen LogP contribution is -1.87. The molecule has 1 aromatic carbocycles. The molecule has 0 aliphatic heterocycles. The summed E-state index contributed by atoms with van der Waals surface area (Å²) in [5.41, 5.74) is 2.87. The fourth-order valence-electron chi connectivity index (χ4n) is 2.57. The molecule has 0 radical (unpaired) electrons. The molecule has 1 aromatic rings. The van der Waals surface area contributed by atoms with E-state index < -0.39 is 0 Å². The van der Waals surface area contributed by atoms with Gasteiger partial charge in [0.05, 0.1) is 0 Å². The van der Waals surface area contributed by atoms with Gasteiger partial charge in [-0.25, -0.2) is 0 Å². The number of hydrogen-bond donors (Lipinski definition) is 0. The van der Waals surface area contributed by atoms with Crippen molar-refractivity contribution in [3.05, 3.63) is 35.4 Å². The third kappa shape index (κ3) is 12.3. The van der Waals surface area contributed by atoms with Gasteiger partial charge in [-0.3, -0.25) is 0 Å². The highest BCUT2D eigenvalue weighted by molar-refractivity contribution is 5.21. The maximum atomic E-state index is 8.00. The summed E-state index contributed by atoms with van der Waals surface area (Å²) in [5, 5.41) is 0. The highest BCUT2D eigenvalue weighted by Gasteiger charge is 1.95. The van der Waals surface area contributed by atoms with E-state index in [9.17, 15) is 0 Å². The molecular weight excluding hydrogens is 256 g/mol. The maximum Gasteiger partial charge on any atom is 0.106 e. The van der Waals surface area contributed by atoms with Crippen LogP contribution in [0.1, 0.15) is 82.3 Å². The third-order valence-electron chi connectivity index (χ3n) is 3.94. The largest absolute Gasteiger partial charge is 0.307 e. The molecule has 0 atom stereocenters. The summed E-state index contributed by atoms with van der Waals surface area (Å²) < 4.78 is 0. The minimum Gasteiger partial charge on any atom is -0.307 e. The van der Waals surface area contributed by atoms with Crippen LogP contribution in [0.4, 0.5) is 0 Å². The Bertz CT molecular complexity index is 315. The first-order chi connectivity index (χ1) is 10.3. The fraction of sp³-hybridized carbons (Fsp3) is 0.650. The first kappa shape index (κ1) is 19.9. The minimum atomic E-state index is 1.26. The van der Waals surface area contributed by atoms with Crippen LogP contribution in [0.3, 0.4) is 0 Å². The quantitative estimate of drug-likeness (QED) is 0.439. The Morgan fingerprint density at radius 2 is 1.14 bits per heavy atom. The topological polar surface area (TPSA) is 17.1 Å². The molecule has 1 nitrogen and oxygen atoms in total. The zero-order chi connectivity index (χ0) is 15.8. The summed E-state index contributed by atoms with van der Waals surface area (Å²) in [5.74, 6) is 0. The Labute approximate surface area is 132 Å². The van der Waals surface area contributed by atoms with Crippen LogP contribution in [0.25, 0.3) is 0 Å². The predicted molar refractivity (Wildman–Crippen MR) is 93.8 cm³/mol. The molecule has 0 aromatic heterocycles. The summed E-state index contributed by atoms with van der Waals surface area (Å²) in [7, 11) is 0. The average molecular weight is 290 g/mol. The number of carbonyl (C=O) groups is 1. The Kier molecular flexibility index (Phi) is 14.5. The number of benzene rings is 1. The monoisotopic (exact) mass is 290 g/mol. The third-order valence-corrected chi connectivity index (χ3v) is 3.94. The lowest BCUT2D eigenvalue weighted by Gasteiger charge is -2.03. The van der Waals surface area contributed by atoms with Gasteiger partial charge in [-0.15, -0.1) is 0 Å². The van der Waals surface area contributed by atoms with Crippen molar-refractivity contribution < 1.29 is 4.79 Å². The Hall–Kier alpha value is -1.11. The second-order valence-electron chi connectivity index (χ2n) is 5.92. The number of hydrogen-bond acceptors (Lipinski definition) is 1. The molecule has 1 rings (SSSR count). The van der Waals surface area contributed by atoms with Gasteiger partial charge in [0.25, 0.3) is 0 Å². The fourth-order valence-corrected chi connectivity index (χ4v) is 2.57. The van der Waals surface area contributed by atoms with Crippen LogP contribution in [-0.4, -0.2) is 6.79 Å². The van der Waals surface area contributed by atoms with Crippen LogP contribution in [-0.2, 0) is 11.2 Å². The van der Waals surface area contributed by atoms with Gasteiger partial charge in [0.2, 0.25) is 0 Å². The molecule has 0 N–H and O–H groups in total. The van der Waals surface area contributed by atoms with Crippen LogP contribution < -0.4 is 0 Å². The lowest BCUT2D eigenvalue weighted by atomic mass is 10.0. The van der Waals surface area contributed by atoms with Crippen LogP contribution >= 0.6 is 0 Å². The van der Waals surface area contributed by atoms with Crippen molar-refractivity contribution in [2.75, 3.05) is 0 Å². The number of rotatable bonds is 11. The van der Waals surface area contributed by atoms with Crippen molar-refractivity contribution in [3.63, 3.8) is 0 Å². The second kappa shape index (κ2) is 15.3. The van der Waals surface area contributed by atoms with E-state index in [-0.39, 0.29) is 0 Å². The van der Waals surface area contributed by atoms with Gasteiger partial charge in [-0.2, -0.15) is 0 Å². The molecule has 0 aliphatic carbocycles. The van der Waals surface area contributed by atoms with Crippen LogP contribution in [0, 0.1) is 6.92 Å². The van der Waals surface area contributed by atoms with Crippen molar-refractivity contribution in [2.45, 2.75) is 84.5 Å². The van der Waals surface area contributed by atoms with Gasteiger partial charge in [0, 0.05) is 0 Å². The van der Waals surface area contributed by atoms with Crippen LogP contribution in [0.5, 0.6) is 0 Å². The first-order valence-electron chi connectivity index (χ1n) is 8.67. The van der Waals surface area contributed by atoms with Gasteiger partial charge >= 0.3 is 0 Å². The van der Waals surface area contributed by atoms with Gasteiger partial charge in [-0.05, 0) is 25.3 Å². The molecule has 0 aliphatic rings. The molecule has 1 heteroatoms. The number of aryl methyl sites for hydroxylation is 2. The zero-order valence-electron chi connectivity index (χ0n) is 14.2. The summed E-state index contributed by atoms with van der Waals surface area (Å²) in [6.07, 6.45) is 15.5. The zero-order valence-corrected chi connectivity index (χ0v) is 14.2. The number of unbranched alkanes of at least 4 members (excludes halogenated alkanes) is 9. The molecule has 0 bridgehead atoms. The second-order valence-corrected chi connectivity index (χ2v) is 5.92. The van der Waals surface area contributed by atoms with Gasteiger partial charge in [0.15, 0.2) is 0 Å². The van der Waals surface area contributed by atoms with Crippen molar-refractivity contribution in [3.8, 4) is 0 Å². The van der Waals surface area contributed by atoms with E-state index in [1.54, 1.807) is 0 Å². The molecule has 0 fully saturated rings. The number of carbonyl (C=O) groups excluding carboxylic acids is 1. The standard InChI is InChI=1S/C19H32.CH2O/c1-3-4-5-6-7-8-9-10-11-12-13-19-16-14-18(2)15-17-19;1-2/h14-17H,3-13H2,1-2H3;1H2. The van der Waals surface area contributed by atoms with Crippen LogP contribution in [0.2, 0.25) is 0 Å². The lowest BCUT2D eigenvalue weighted by molar-refractivity contribution is -0.0979. The molecule has 0 saturated carbocycles. The Balaban J connectivity index is 0.00000191. The normalized spacial score (nSPS) is 10.0. The highest BCUT2D eigenvalue weighted by atomic mass is 16.1. The SMILES string of the molecule is C=O.CCCCCCCCCCCCc1ccc(C)cc1. The predicted octanol–water partition coefficient (Wildman–Crippen LogP) is 6.27. The van der Waals surface area contributed by atoms with E-state index in [4.69, 9.17) is 4.79 Å². The molecule has 0 spiro atoms. The molecule has 21 heavy (non-hydrogen) atoms. The first-order valence-corrected chi connectivity index (χ1v) is 8.67. The van der Waals surface area contributed by atoms with Gasteiger partial charge < -0.3 is 4.79 Å². The van der Waals surface area contributed by atoms with Crippen molar-refractivity contribution in [1.82, 2.24) is 0 Å². The summed E-state index contributed by atoms with van der Waals surface area (Å²) in [6, 6.07) is 9.02. The van der Waals surface area contributed by atoms with E-state index >= 15 is 0 Å². The highest BCUT2D eigenvalue weighted by Crippen LogP contribution is 2.12. The summed E-state index contributed by atoms with van der Waals surface area (Å²) >= 11 is 0. The van der Waals surface area contributed by atoms with Crippen LogP contribution in [0.15, 0.2) is 24.3 Å². The summed E-state index contributed by atoms with van der Waals surface area (Å²) in [6.45, 7) is 6.44. The Morgan fingerprint density at radius 3 is 1.62 bits per heavy atom. The summed E-state index contributed by atoms with van der Waals surface area (Å²) in [4.78, 5) is 8.00. The molecule has 0 amide bonds. The minimum absolute atomic E-state index is 1.26. The smallest absolute Gasteiger partial charge is 0.106 e. The van der Waals surface area contributed by atoms with Crippen molar-refractivity contribution in [2.24, 2.45) is 0 Å². The molecule has 0 unspecified atom stereocenters. The molecule has 0 saturated heterocycles. The van der Waals surface area contributed by atoms with Gasteiger partial charge in [0.1, 0.15) is 6.79 Å². The van der Waals surface area contributed by atoms with Gasteiger partial charge in [-0.1, -0.05) is 94.5 Å². The Morgan fingerprint density at radius 1 is 0.714 bits per heavy atom. The van der Waals surface area contributed by atoms with Crippen molar-refractivity contribution in [1.29, 1.82) is 0 Å². The van der Waals surface area contributed by atoms with Crippen molar-refractivity contribution >= 4 is 6.79 Å². The maximum absolute atomic E-state index is 8.00. The van der Waals surface area contributed by atoms with E-state index in [0.717, 1.165) is 0 Å². The van der Waals surface area contributed by atoms with E-state index in [0.29, 0.717) is 0 Å². The molecule has 0 heterocycles. The van der Waals surface area contributed by atoms with E-state index in [1.807, 2.05) is 6.79 Å². The average Bonchev–Trinajstić information content (AvgIpc) is 2.53.